The number of aliphatic hydroxyl groups excluding tert-OH is 1. The van der Waals surface area contributed by atoms with Gasteiger partial charge >= 0.3 is 6.18 Å². The maximum Gasteiger partial charge on any atom is 0.416 e. The summed E-state index contributed by atoms with van der Waals surface area (Å²) in [7, 11) is 0. The monoisotopic (exact) mass is 288 g/mol. The zero-order chi connectivity index (χ0) is 14.8. The topological polar surface area (TPSA) is 49.5 Å². The third-order valence-corrected chi connectivity index (χ3v) is 3.80. The lowest BCUT2D eigenvalue weighted by Gasteiger charge is -2.21. The fraction of sp³-hybridized carbons (Fsp3) is 0.571. The van der Waals surface area contributed by atoms with Crippen molar-refractivity contribution in [3.05, 3.63) is 29.3 Å². The maximum atomic E-state index is 12.8. The van der Waals surface area contributed by atoms with E-state index in [4.69, 9.17) is 10.8 Å². The van der Waals surface area contributed by atoms with E-state index < -0.39 is 11.7 Å². The van der Waals surface area contributed by atoms with Crippen LogP contribution >= 0.6 is 0 Å². The Morgan fingerprint density at radius 1 is 1.35 bits per heavy atom. The second kappa shape index (κ2) is 6.01. The fourth-order valence-electron chi connectivity index (χ4n) is 2.71. The van der Waals surface area contributed by atoms with Crippen LogP contribution in [0.2, 0.25) is 0 Å². The maximum absolute atomic E-state index is 12.8. The van der Waals surface area contributed by atoms with Crippen molar-refractivity contribution in [1.82, 2.24) is 0 Å². The summed E-state index contributed by atoms with van der Waals surface area (Å²) in [4.78, 5) is 2.06. The smallest absolute Gasteiger partial charge is 0.396 e. The molecule has 1 saturated heterocycles. The summed E-state index contributed by atoms with van der Waals surface area (Å²) in [6.07, 6.45) is -2.67. The molecule has 1 aliphatic rings. The molecule has 6 heteroatoms. The summed E-state index contributed by atoms with van der Waals surface area (Å²) in [5, 5.41) is 8.93. The van der Waals surface area contributed by atoms with Crippen molar-refractivity contribution in [2.45, 2.75) is 25.6 Å². The van der Waals surface area contributed by atoms with Gasteiger partial charge in [0.15, 0.2) is 0 Å². The normalized spacial score (nSPS) is 19.6. The highest BCUT2D eigenvalue weighted by Crippen LogP contribution is 2.35. The van der Waals surface area contributed by atoms with E-state index in [1.165, 1.54) is 12.1 Å². The first kappa shape index (κ1) is 15.1. The number of hydrogen-bond donors (Lipinski definition) is 2. The molecule has 0 amide bonds. The van der Waals surface area contributed by atoms with E-state index in [0.29, 0.717) is 5.92 Å². The number of rotatable bonds is 4. The summed E-state index contributed by atoms with van der Waals surface area (Å²) in [5.41, 5.74) is 5.68. The van der Waals surface area contributed by atoms with E-state index >= 15 is 0 Å². The summed E-state index contributed by atoms with van der Waals surface area (Å²) >= 11 is 0. The second-order valence-corrected chi connectivity index (χ2v) is 5.16. The first-order chi connectivity index (χ1) is 9.45. The van der Waals surface area contributed by atoms with Crippen molar-refractivity contribution in [1.29, 1.82) is 0 Å². The molecule has 0 aromatic heterocycles. The first-order valence-electron chi connectivity index (χ1n) is 6.71. The summed E-state index contributed by atoms with van der Waals surface area (Å²) < 4.78 is 38.4. The van der Waals surface area contributed by atoms with Gasteiger partial charge in [-0.05, 0) is 42.5 Å². The zero-order valence-electron chi connectivity index (χ0n) is 11.2. The molecule has 1 heterocycles. The predicted octanol–water partition coefficient (Wildman–Crippen LogP) is 2.37. The van der Waals surface area contributed by atoms with Gasteiger partial charge in [0, 0.05) is 31.9 Å². The van der Waals surface area contributed by atoms with Crippen molar-refractivity contribution in [2.24, 2.45) is 11.7 Å². The number of aliphatic hydroxyl groups is 1. The summed E-state index contributed by atoms with van der Waals surface area (Å²) in [6.45, 7) is 1.60. The van der Waals surface area contributed by atoms with E-state index in [1.807, 2.05) is 0 Å². The average molecular weight is 288 g/mol. The Bertz CT molecular complexity index is 462. The summed E-state index contributed by atoms with van der Waals surface area (Å²) in [6, 6.07) is 4.14. The van der Waals surface area contributed by atoms with Crippen LogP contribution < -0.4 is 10.6 Å². The van der Waals surface area contributed by atoms with Gasteiger partial charge < -0.3 is 15.7 Å². The quantitative estimate of drug-likeness (QED) is 0.894. The lowest BCUT2D eigenvalue weighted by molar-refractivity contribution is -0.138. The minimum Gasteiger partial charge on any atom is -0.396 e. The molecule has 0 bridgehead atoms. The van der Waals surface area contributed by atoms with Crippen LogP contribution in [0.4, 0.5) is 18.9 Å². The van der Waals surface area contributed by atoms with Crippen LogP contribution in [-0.4, -0.2) is 24.8 Å². The average Bonchev–Trinajstić information content (AvgIpc) is 2.86. The van der Waals surface area contributed by atoms with Crippen molar-refractivity contribution >= 4 is 5.69 Å². The fourth-order valence-corrected chi connectivity index (χ4v) is 2.71. The highest BCUT2D eigenvalue weighted by Gasteiger charge is 2.33. The molecular weight excluding hydrogens is 269 g/mol. The molecule has 0 spiro atoms. The molecule has 0 saturated carbocycles. The van der Waals surface area contributed by atoms with Gasteiger partial charge in [-0.2, -0.15) is 13.2 Å². The van der Waals surface area contributed by atoms with Crippen LogP contribution in [-0.2, 0) is 12.7 Å². The van der Waals surface area contributed by atoms with E-state index in [9.17, 15) is 13.2 Å². The van der Waals surface area contributed by atoms with Gasteiger partial charge in [-0.1, -0.05) is 0 Å². The molecule has 0 radical (unpaired) electrons. The zero-order valence-corrected chi connectivity index (χ0v) is 11.2. The number of hydrogen-bond acceptors (Lipinski definition) is 3. The molecule has 1 aromatic carbocycles. The van der Waals surface area contributed by atoms with Gasteiger partial charge in [-0.25, -0.2) is 0 Å². The Morgan fingerprint density at radius 2 is 2.10 bits per heavy atom. The minimum atomic E-state index is -4.36. The molecule has 1 unspecified atom stereocenters. The molecule has 20 heavy (non-hydrogen) atoms. The largest absolute Gasteiger partial charge is 0.416 e. The molecule has 112 valence electrons. The van der Waals surface area contributed by atoms with Crippen LogP contribution in [0.15, 0.2) is 18.2 Å². The van der Waals surface area contributed by atoms with E-state index in [1.54, 1.807) is 0 Å². The van der Waals surface area contributed by atoms with E-state index in [-0.39, 0.29) is 18.7 Å². The molecular formula is C14H19F3N2O. The van der Waals surface area contributed by atoms with Gasteiger partial charge in [-0.3, -0.25) is 0 Å². The molecule has 2 rings (SSSR count). The first-order valence-corrected chi connectivity index (χ1v) is 6.71. The molecule has 0 aliphatic carbocycles. The lowest BCUT2D eigenvalue weighted by Crippen LogP contribution is -2.21. The van der Waals surface area contributed by atoms with Crippen LogP contribution in [0, 0.1) is 5.92 Å². The van der Waals surface area contributed by atoms with Crippen LogP contribution in [0.3, 0.4) is 0 Å². The second-order valence-electron chi connectivity index (χ2n) is 5.16. The van der Waals surface area contributed by atoms with Gasteiger partial charge in [0.2, 0.25) is 0 Å². The van der Waals surface area contributed by atoms with Gasteiger partial charge in [0.05, 0.1) is 5.56 Å². The van der Waals surface area contributed by atoms with Crippen molar-refractivity contribution in [2.75, 3.05) is 24.6 Å². The molecule has 1 aromatic rings. The number of halogens is 3. The van der Waals surface area contributed by atoms with Gasteiger partial charge in [0.1, 0.15) is 0 Å². The Labute approximate surface area is 116 Å². The number of benzene rings is 1. The number of anilines is 1. The Morgan fingerprint density at radius 3 is 2.70 bits per heavy atom. The highest BCUT2D eigenvalue weighted by molar-refractivity contribution is 5.52. The third kappa shape index (κ3) is 3.24. The minimum absolute atomic E-state index is 0.126. The standard InChI is InChI=1S/C14H19F3N2O/c15-14(16,17)13-2-1-12(7-11(13)8-18)19-5-3-10(9-19)4-6-20/h1-2,7,10,20H,3-6,8-9,18H2. The Hall–Kier alpha value is -1.27. The van der Waals surface area contributed by atoms with E-state index in [2.05, 4.69) is 4.90 Å². The van der Waals surface area contributed by atoms with Crippen molar-refractivity contribution in [3.63, 3.8) is 0 Å². The van der Waals surface area contributed by atoms with Crippen molar-refractivity contribution in [3.8, 4) is 0 Å². The highest BCUT2D eigenvalue weighted by atomic mass is 19.4. The van der Waals surface area contributed by atoms with Gasteiger partial charge in [-0.15, -0.1) is 0 Å². The van der Waals surface area contributed by atoms with Crippen molar-refractivity contribution < 1.29 is 18.3 Å². The SMILES string of the molecule is NCc1cc(N2CCC(CCO)C2)ccc1C(F)(F)F. The molecule has 1 aliphatic heterocycles. The molecule has 3 N–H and O–H groups in total. The summed E-state index contributed by atoms with van der Waals surface area (Å²) in [5.74, 6) is 0.406. The molecule has 1 fully saturated rings. The lowest BCUT2D eigenvalue weighted by atomic mass is 10.1. The molecule has 3 nitrogen and oxygen atoms in total. The Balaban J connectivity index is 2.18. The van der Waals surface area contributed by atoms with Gasteiger partial charge in [0.25, 0.3) is 0 Å². The number of nitrogens with two attached hydrogens (primary N) is 1. The van der Waals surface area contributed by atoms with Crippen LogP contribution in [0.25, 0.3) is 0 Å². The number of alkyl halides is 3. The molecule has 1 atom stereocenters. The predicted molar refractivity (Wildman–Crippen MR) is 71.4 cm³/mol. The van der Waals surface area contributed by atoms with E-state index in [0.717, 1.165) is 37.7 Å². The van der Waals surface area contributed by atoms with Crippen LogP contribution in [0.5, 0.6) is 0 Å². The van der Waals surface area contributed by atoms with Crippen LogP contribution in [0.1, 0.15) is 24.0 Å². The third-order valence-electron chi connectivity index (χ3n) is 3.80. The number of nitrogens with zero attached hydrogens (tertiary/aromatic N) is 1. The Kier molecular flexibility index (Phi) is 4.55.